The molecule has 3 aromatic rings. The summed E-state index contributed by atoms with van der Waals surface area (Å²) in [7, 11) is 0. The lowest BCUT2D eigenvalue weighted by atomic mass is 10.3. The Kier molecular flexibility index (Phi) is 5.19. The van der Waals surface area contributed by atoms with Crippen molar-refractivity contribution < 1.29 is 9.18 Å². The maximum absolute atomic E-state index is 13.7. The van der Waals surface area contributed by atoms with Crippen LogP contribution in [0.4, 0.5) is 10.1 Å². The number of thioether (sulfide) groups is 1. The Morgan fingerprint density at radius 3 is 2.80 bits per heavy atom. The van der Waals surface area contributed by atoms with Gasteiger partial charge in [0.05, 0.1) is 22.0 Å². The number of carbonyl (C=O) groups excluding carboxylic acids is 1. The van der Waals surface area contributed by atoms with E-state index in [1.165, 1.54) is 23.9 Å². The molecule has 25 heavy (non-hydrogen) atoms. The Balaban J connectivity index is 1.80. The van der Waals surface area contributed by atoms with Gasteiger partial charge in [0, 0.05) is 6.54 Å². The van der Waals surface area contributed by atoms with Crippen LogP contribution in [-0.4, -0.2) is 20.7 Å². The van der Waals surface area contributed by atoms with Crippen molar-refractivity contribution in [1.82, 2.24) is 9.55 Å². The number of carbonyl (C=O) groups is 1. The molecule has 0 aliphatic rings. The van der Waals surface area contributed by atoms with Crippen LogP contribution in [0, 0.1) is 5.82 Å². The molecular formula is C19H18FN3OS. The van der Waals surface area contributed by atoms with Gasteiger partial charge in [0.25, 0.3) is 0 Å². The first-order chi connectivity index (χ1) is 12.1. The van der Waals surface area contributed by atoms with Crippen LogP contribution in [0.15, 0.2) is 66.3 Å². The number of rotatable bonds is 6. The largest absolute Gasteiger partial charge is 0.323 e. The van der Waals surface area contributed by atoms with E-state index in [4.69, 9.17) is 0 Å². The molecule has 0 fully saturated rings. The predicted molar refractivity (Wildman–Crippen MR) is 100 cm³/mol. The van der Waals surface area contributed by atoms with Crippen molar-refractivity contribution in [2.75, 3.05) is 5.32 Å². The van der Waals surface area contributed by atoms with E-state index in [1.807, 2.05) is 28.8 Å². The van der Waals surface area contributed by atoms with Crippen LogP contribution in [0.1, 0.15) is 6.92 Å². The number of imidazole rings is 1. The van der Waals surface area contributed by atoms with E-state index in [0.717, 1.165) is 16.2 Å². The average molecular weight is 355 g/mol. The number of hydrogen-bond donors (Lipinski definition) is 1. The maximum Gasteiger partial charge on any atom is 0.237 e. The molecule has 1 atom stereocenters. The van der Waals surface area contributed by atoms with Crippen LogP contribution in [-0.2, 0) is 11.3 Å². The van der Waals surface area contributed by atoms with Gasteiger partial charge < -0.3 is 9.88 Å². The molecule has 0 bridgehead atoms. The standard InChI is InChI=1S/C19H18FN3OS/c1-3-12-23-17-11-7-6-10-16(17)22-19(23)25-13(2)18(24)21-15-9-5-4-8-14(15)20/h3-11,13H,1,12H2,2H3,(H,21,24). The summed E-state index contributed by atoms with van der Waals surface area (Å²) in [5.74, 6) is -0.723. The SMILES string of the molecule is C=CCn1c(SC(C)C(=O)Nc2ccccc2F)nc2ccccc21. The summed E-state index contributed by atoms with van der Waals surface area (Å²) in [6, 6.07) is 13.9. The zero-order chi connectivity index (χ0) is 17.8. The van der Waals surface area contributed by atoms with E-state index in [1.54, 1.807) is 25.1 Å². The number of nitrogens with zero attached hydrogens (tertiary/aromatic N) is 2. The van der Waals surface area contributed by atoms with E-state index < -0.39 is 11.1 Å². The van der Waals surface area contributed by atoms with Crippen LogP contribution in [0.25, 0.3) is 11.0 Å². The van der Waals surface area contributed by atoms with Gasteiger partial charge in [0.1, 0.15) is 5.82 Å². The zero-order valence-corrected chi connectivity index (χ0v) is 14.6. The fourth-order valence-electron chi connectivity index (χ4n) is 2.46. The first-order valence-electron chi connectivity index (χ1n) is 7.88. The first kappa shape index (κ1) is 17.2. The van der Waals surface area contributed by atoms with Gasteiger partial charge in [-0.1, -0.05) is 42.1 Å². The number of anilines is 1. The maximum atomic E-state index is 13.7. The topological polar surface area (TPSA) is 46.9 Å². The van der Waals surface area contributed by atoms with Crippen molar-refractivity contribution in [1.29, 1.82) is 0 Å². The molecule has 3 rings (SSSR count). The molecule has 1 N–H and O–H groups in total. The fraction of sp³-hybridized carbons (Fsp3) is 0.158. The summed E-state index contributed by atoms with van der Waals surface area (Å²) < 4.78 is 15.7. The number of allylic oxidation sites excluding steroid dienone is 1. The van der Waals surface area contributed by atoms with Gasteiger partial charge in [-0.25, -0.2) is 9.37 Å². The molecule has 1 aromatic heterocycles. The molecule has 2 aromatic carbocycles. The zero-order valence-electron chi connectivity index (χ0n) is 13.8. The smallest absolute Gasteiger partial charge is 0.237 e. The van der Waals surface area contributed by atoms with Gasteiger partial charge in [-0.3, -0.25) is 4.79 Å². The van der Waals surface area contributed by atoms with Gasteiger partial charge in [0.15, 0.2) is 5.16 Å². The number of fused-ring (bicyclic) bond motifs is 1. The lowest BCUT2D eigenvalue weighted by Gasteiger charge is -2.13. The minimum atomic E-state index is -0.452. The van der Waals surface area contributed by atoms with Gasteiger partial charge in [-0.2, -0.15) is 0 Å². The third kappa shape index (κ3) is 3.74. The molecule has 0 aliphatic carbocycles. The van der Waals surface area contributed by atoms with Crippen LogP contribution in [0.2, 0.25) is 0 Å². The van der Waals surface area contributed by atoms with Gasteiger partial charge in [-0.15, -0.1) is 6.58 Å². The second-order valence-electron chi connectivity index (χ2n) is 5.51. The summed E-state index contributed by atoms with van der Waals surface area (Å²) in [6.07, 6.45) is 1.79. The number of hydrogen-bond acceptors (Lipinski definition) is 3. The minimum Gasteiger partial charge on any atom is -0.323 e. The molecule has 128 valence electrons. The highest BCUT2D eigenvalue weighted by molar-refractivity contribution is 8.00. The first-order valence-corrected chi connectivity index (χ1v) is 8.76. The van der Waals surface area contributed by atoms with Crippen LogP contribution in [0.3, 0.4) is 0 Å². The van der Waals surface area contributed by atoms with Crippen molar-refractivity contribution in [2.24, 2.45) is 0 Å². The number of amides is 1. The highest BCUT2D eigenvalue weighted by Crippen LogP contribution is 2.28. The average Bonchev–Trinajstić information content (AvgIpc) is 2.95. The van der Waals surface area contributed by atoms with Crippen LogP contribution in [0.5, 0.6) is 0 Å². The summed E-state index contributed by atoms with van der Waals surface area (Å²) in [5, 5.41) is 2.93. The van der Waals surface area contributed by atoms with Crippen molar-refractivity contribution >= 4 is 34.4 Å². The molecule has 0 saturated heterocycles. The van der Waals surface area contributed by atoms with E-state index in [2.05, 4.69) is 16.9 Å². The Hall–Kier alpha value is -2.60. The van der Waals surface area contributed by atoms with E-state index in [9.17, 15) is 9.18 Å². The fourth-order valence-corrected chi connectivity index (χ4v) is 3.39. The van der Waals surface area contributed by atoms with Crippen molar-refractivity contribution in [3.8, 4) is 0 Å². The van der Waals surface area contributed by atoms with Gasteiger partial charge in [0.2, 0.25) is 5.91 Å². The normalized spacial score (nSPS) is 12.1. The number of benzene rings is 2. The summed E-state index contributed by atoms with van der Waals surface area (Å²) in [4.78, 5) is 17.0. The predicted octanol–water partition coefficient (Wildman–Crippen LogP) is 4.48. The Morgan fingerprint density at radius 1 is 1.32 bits per heavy atom. The number of para-hydroxylation sites is 3. The van der Waals surface area contributed by atoms with Crippen molar-refractivity contribution in [2.45, 2.75) is 23.9 Å². The molecule has 0 aliphatic heterocycles. The number of nitrogens with one attached hydrogen (secondary N) is 1. The van der Waals surface area contributed by atoms with E-state index in [0.29, 0.717) is 6.54 Å². The van der Waals surface area contributed by atoms with Crippen molar-refractivity contribution in [3.05, 3.63) is 67.0 Å². The molecule has 0 radical (unpaired) electrons. The lowest BCUT2D eigenvalue weighted by molar-refractivity contribution is -0.115. The monoisotopic (exact) mass is 355 g/mol. The number of halogens is 1. The van der Waals surface area contributed by atoms with E-state index in [-0.39, 0.29) is 11.6 Å². The van der Waals surface area contributed by atoms with Crippen LogP contribution < -0.4 is 5.32 Å². The molecule has 4 nitrogen and oxygen atoms in total. The van der Waals surface area contributed by atoms with Gasteiger partial charge in [-0.05, 0) is 31.2 Å². The third-order valence-electron chi connectivity index (χ3n) is 3.71. The molecule has 0 spiro atoms. The third-order valence-corrected chi connectivity index (χ3v) is 4.80. The van der Waals surface area contributed by atoms with E-state index >= 15 is 0 Å². The lowest BCUT2D eigenvalue weighted by Crippen LogP contribution is -2.23. The Bertz CT molecular complexity index is 922. The quantitative estimate of drug-likeness (QED) is 0.524. The minimum absolute atomic E-state index is 0.180. The number of aromatic nitrogens is 2. The molecule has 1 heterocycles. The summed E-state index contributed by atoms with van der Waals surface area (Å²) in [5.41, 5.74) is 2.04. The molecular weight excluding hydrogens is 337 g/mol. The highest BCUT2D eigenvalue weighted by atomic mass is 32.2. The Morgan fingerprint density at radius 2 is 2.04 bits per heavy atom. The summed E-state index contributed by atoms with van der Waals surface area (Å²) >= 11 is 1.34. The molecule has 6 heteroatoms. The molecule has 1 amide bonds. The molecule has 0 saturated carbocycles. The van der Waals surface area contributed by atoms with Crippen molar-refractivity contribution in [3.63, 3.8) is 0 Å². The second kappa shape index (κ2) is 7.53. The summed E-state index contributed by atoms with van der Waals surface area (Å²) in [6.45, 7) is 6.16. The second-order valence-corrected chi connectivity index (χ2v) is 6.82. The molecule has 1 unspecified atom stereocenters. The van der Waals surface area contributed by atoms with Gasteiger partial charge >= 0.3 is 0 Å². The Labute approximate surface area is 149 Å². The van der Waals surface area contributed by atoms with Crippen LogP contribution >= 0.6 is 11.8 Å². The highest BCUT2D eigenvalue weighted by Gasteiger charge is 2.20.